The van der Waals surface area contributed by atoms with Crippen molar-refractivity contribution in [3.05, 3.63) is 39.5 Å². The molecule has 28 heavy (non-hydrogen) atoms. The summed E-state index contributed by atoms with van der Waals surface area (Å²) in [5.74, 6) is 0.534. The highest BCUT2D eigenvalue weighted by atomic mass is 35.5. The van der Waals surface area contributed by atoms with Crippen LogP contribution in [0.15, 0.2) is 18.2 Å². The van der Waals surface area contributed by atoms with Crippen LogP contribution in [0.4, 0.5) is 17.5 Å². The van der Waals surface area contributed by atoms with Gasteiger partial charge in [-0.1, -0.05) is 23.2 Å². The number of hydrogen-bond donors (Lipinski definition) is 3. The topological polar surface area (TPSA) is 96.0 Å². The lowest BCUT2D eigenvalue weighted by Crippen LogP contribution is -2.26. The maximum absolute atomic E-state index is 11.6. The Morgan fingerprint density at radius 2 is 1.86 bits per heavy atom. The molecule has 2 aromatic rings. The molecule has 0 fully saturated rings. The van der Waals surface area contributed by atoms with Gasteiger partial charge in [-0.3, -0.25) is 14.9 Å². The average molecular weight is 422 g/mol. The van der Waals surface area contributed by atoms with Crippen LogP contribution in [0.1, 0.15) is 31.5 Å². The van der Waals surface area contributed by atoms with Gasteiger partial charge in [-0.2, -0.15) is 4.98 Å². The van der Waals surface area contributed by atoms with Crippen LogP contribution in [-0.2, 0) is 22.4 Å². The van der Waals surface area contributed by atoms with Gasteiger partial charge in [0.25, 0.3) is 0 Å². The molecule has 1 heterocycles. The van der Waals surface area contributed by atoms with Gasteiger partial charge < -0.3 is 10.6 Å². The van der Waals surface area contributed by atoms with Crippen molar-refractivity contribution in [2.45, 2.75) is 33.1 Å². The Hall–Kier alpha value is -2.38. The number of amides is 2. The zero-order chi connectivity index (χ0) is 20.3. The third-order valence-electron chi connectivity index (χ3n) is 4.47. The summed E-state index contributed by atoms with van der Waals surface area (Å²) in [5.41, 5.74) is 2.67. The first-order chi connectivity index (χ1) is 13.3. The van der Waals surface area contributed by atoms with E-state index in [0.717, 1.165) is 42.8 Å². The number of nitrogens with one attached hydrogen (secondary N) is 3. The minimum absolute atomic E-state index is 0.211. The Morgan fingerprint density at radius 3 is 2.54 bits per heavy atom. The predicted octanol–water partition coefficient (Wildman–Crippen LogP) is 3.92. The van der Waals surface area contributed by atoms with Gasteiger partial charge in [0.2, 0.25) is 17.8 Å². The van der Waals surface area contributed by atoms with E-state index < -0.39 is 0 Å². The number of hydrogen-bond acceptors (Lipinski definition) is 5. The van der Waals surface area contributed by atoms with Crippen LogP contribution in [0, 0.1) is 5.92 Å². The molecule has 1 aromatic carbocycles. The second kappa shape index (κ2) is 8.75. The number of carbonyl (C=O) groups excluding carboxylic acids is 2. The van der Waals surface area contributed by atoms with Gasteiger partial charge in [0.1, 0.15) is 5.82 Å². The standard InChI is InChI=1S/C19H21Cl2N5O2/c1-10(27)23-18-14-7-12(9-22-13-4-5-15(20)16(21)8-13)3-6-17(14)25-19(26-18)24-11(2)28/h4-5,8,12,22H,3,6-7,9H2,1-2H3,(H2,23,24,25,26,27,28). The molecule has 1 aromatic heterocycles. The van der Waals surface area contributed by atoms with E-state index in [4.69, 9.17) is 23.2 Å². The SMILES string of the molecule is CC(=O)Nc1nc2c(c(NC(C)=O)n1)CC(CNc1ccc(Cl)c(Cl)c1)CC2. The second-order valence-corrected chi connectivity index (χ2v) is 7.62. The van der Waals surface area contributed by atoms with Gasteiger partial charge in [-0.05, 0) is 43.4 Å². The molecule has 0 saturated carbocycles. The van der Waals surface area contributed by atoms with E-state index in [1.807, 2.05) is 6.07 Å². The van der Waals surface area contributed by atoms with Crippen LogP contribution in [0.5, 0.6) is 0 Å². The van der Waals surface area contributed by atoms with E-state index >= 15 is 0 Å². The lowest BCUT2D eigenvalue weighted by atomic mass is 9.86. The number of aromatic nitrogens is 2. The van der Waals surface area contributed by atoms with Crippen LogP contribution in [0.3, 0.4) is 0 Å². The smallest absolute Gasteiger partial charge is 0.231 e. The van der Waals surface area contributed by atoms with Crippen LogP contribution in [-0.4, -0.2) is 28.3 Å². The fourth-order valence-electron chi connectivity index (χ4n) is 3.21. The molecule has 2 amide bonds. The third-order valence-corrected chi connectivity index (χ3v) is 5.21. The third kappa shape index (κ3) is 5.11. The first-order valence-corrected chi connectivity index (χ1v) is 9.71. The van der Waals surface area contributed by atoms with Crippen LogP contribution in [0.25, 0.3) is 0 Å². The molecule has 0 bridgehead atoms. The Labute approximate surface area is 173 Å². The lowest BCUT2D eigenvalue weighted by Gasteiger charge is -2.26. The van der Waals surface area contributed by atoms with Crippen LogP contribution < -0.4 is 16.0 Å². The monoisotopic (exact) mass is 421 g/mol. The van der Waals surface area contributed by atoms with E-state index in [-0.39, 0.29) is 17.8 Å². The number of carbonyl (C=O) groups is 2. The second-order valence-electron chi connectivity index (χ2n) is 6.80. The van der Waals surface area contributed by atoms with Crippen molar-refractivity contribution in [1.82, 2.24) is 9.97 Å². The molecule has 0 spiro atoms. The maximum atomic E-state index is 11.6. The van der Waals surface area contributed by atoms with E-state index in [1.54, 1.807) is 12.1 Å². The fourth-order valence-corrected chi connectivity index (χ4v) is 3.51. The van der Waals surface area contributed by atoms with Crippen molar-refractivity contribution in [3.63, 3.8) is 0 Å². The summed E-state index contributed by atoms with van der Waals surface area (Å²) in [6.07, 6.45) is 2.39. The number of halogens is 2. The van der Waals surface area contributed by atoms with Crippen molar-refractivity contribution in [2.24, 2.45) is 5.92 Å². The molecule has 7 nitrogen and oxygen atoms in total. The summed E-state index contributed by atoms with van der Waals surface area (Å²) in [5, 5.41) is 9.76. The van der Waals surface area contributed by atoms with Gasteiger partial charge in [-0.15, -0.1) is 0 Å². The van der Waals surface area contributed by atoms with Gasteiger partial charge in [0.05, 0.1) is 15.7 Å². The Balaban J connectivity index is 1.75. The molecule has 148 valence electrons. The van der Waals surface area contributed by atoms with Crippen molar-refractivity contribution in [2.75, 3.05) is 22.5 Å². The van der Waals surface area contributed by atoms with Gasteiger partial charge in [0, 0.05) is 31.6 Å². The molecule has 1 atom stereocenters. The number of fused-ring (bicyclic) bond motifs is 1. The number of nitrogens with zero attached hydrogens (tertiary/aromatic N) is 2. The summed E-state index contributed by atoms with van der Waals surface area (Å²) in [6.45, 7) is 3.56. The highest BCUT2D eigenvalue weighted by Crippen LogP contribution is 2.31. The van der Waals surface area contributed by atoms with Crippen LogP contribution >= 0.6 is 23.2 Å². The van der Waals surface area contributed by atoms with E-state index in [2.05, 4.69) is 25.9 Å². The summed E-state index contributed by atoms with van der Waals surface area (Å²) in [7, 11) is 0. The first-order valence-electron chi connectivity index (χ1n) is 8.95. The predicted molar refractivity (Wildman–Crippen MR) is 111 cm³/mol. The van der Waals surface area contributed by atoms with Crippen molar-refractivity contribution < 1.29 is 9.59 Å². The first kappa shape index (κ1) is 20.4. The van der Waals surface area contributed by atoms with E-state index in [0.29, 0.717) is 21.8 Å². The molecule has 0 saturated heterocycles. The summed E-state index contributed by atoms with van der Waals surface area (Å²) in [6, 6.07) is 5.44. The summed E-state index contributed by atoms with van der Waals surface area (Å²) < 4.78 is 0. The Morgan fingerprint density at radius 1 is 1.11 bits per heavy atom. The van der Waals surface area contributed by atoms with E-state index in [1.165, 1.54) is 13.8 Å². The molecule has 9 heteroatoms. The highest BCUT2D eigenvalue weighted by molar-refractivity contribution is 6.42. The number of aryl methyl sites for hydroxylation is 1. The lowest BCUT2D eigenvalue weighted by molar-refractivity contribution is -0.115. The normalized spacial score (nSPS) is 15.5. The average Bonchev–Trinajstić information content (AvgIpc) is 2.62. The molecule has 1 aliphatic rings. The zero-order valence-electron chi connectivity index (χ0n) is 15.6. The fraction of sp³-hybridized carbons (Fsp3) is 0.368. The maximum Gasteiger partial charge on any atom is 0.231 e. The van der Waals surface area contributed by atoms with Gasteiger partial charge in [-0.25, -0.2) is 4.98 Å². The van der Waals surface area contributed by atoms with Crippen molar-refractivity contribution in [3.8, 4) is 0 Å². The largest absolute Gasteiger partial charge is 0.385 e. The highest BCUT2D eigenvalue weighted by Gasteiger charge is 2.25. The summed E-state index contributed by atoms with van der Waals surface area (Å²) >= 11 is 12.0. The quantitative estimate of drug-likeness (QED) is 0.679. The minimum atomic E-state index is -0.256. The summed E-state index contributed by atoms with van der Waals surface area (Å²) in [4.78, 5) is 31.7. The Kier molecular flexibility index (Phi) is 6.36. The molecule has 3 N–H and O–H groups in total. The Bertz CT molecular complexity index is 919. The van der Waals surface area contributed by atoms with Crippen molar-refractivity contribution in [1.29, 1.82) is 0 Å². The molecule has 3 rings (SSSR count). The molecular weight excluding hydrogens is 401 g/mol. The number of anilines is 3. The zero-order valence-corrected chi connectivity index (χ0v) is 17.1. The molecule has 1 unspecified atom stereocenters. The number of rotatable bonds is 5. The van der Waals surface area contributed by atoms with Crippen molar-refractivity contribution >= 4 is 52.5 Å². The molecular formula is C19H21Cl2N5O2. The molecule has 0 radical (unpaired) electrons. The van der Waals surface area contributed by atoms with Gasteiger partial charge >= 0.3 is 0 Å². The molecule has 1 aliphatic carbocycles. The van der Waals surface area contributed by atoms with Gasteiger partial charge in [0.15, 0.2) is 0 Å². The molecule has 0 aliphatic heterocycles. The minimum Gasteiger partial charge on any atom is -0.385 e. The number of benzene rings is 1. The van der Waals surface area contributed by atoms with Crippen LogP contribution in [0.2, 0.25) is 10.0 Å². The van der Waals surface area contributed by atoms with E-state index in [9.17, 15) is 9.59 Å².